The smallest absolute Gasteiger partial charge is 0.280 e. The number of nitro groups is 1. The van der Waals surface area contributed by atoms with E-state index in [9.17, 15) is 14.9 Å². The Hall–Kier alpha value is -2.67. The highest BCUT2D eigenvalue weighted by molar-refractivity contribution is 9.10. The summed E-state index contributed by atoms with van der Waals surface area (Å²) in [5.74, 6) is 0.606. The van der Waals surface area contributed by atoms with Gasteiger partial charge in [-0.15, -0.1) is 0 Å². The summed E-state index contributed by atoms with van der Waals surface area (Å²) in [4.78, 5) is 22.7. The zero-order valence-corrected chi connectivity index (χ0v) is 14.6. The largest absolute Gasteiger partial charge is 0.493 e. The van der Waals surface area contributed by atoms with Crippen molar-refractivity contribution in [3.05, 3.63) is 68.2 Å². The molecular weight excluding hydrogens is 378 g/mol. The first-order chi connectivity index (χ1) is 11.5. The van der Waals surface area contributed by atoms with Gasteiger partial charge in [-0.25, -0.2) is 0 Å². The van der Waals surface area contributed by atoms with E-state index in [4.69, 9.17) is 9.47 Å². The second-order valence-electron chi connectivity index (χ2n) is 4.70. The number of carbonyl (C=O) groups is 1. The normalized spacial score (nSPS) is 10.6. The van der Waals surface area contributed by atoms with Crippen LogP contribution in [-0.2, 0) is 0 Å². The van der Waals surface area contributed by atoms with Gasteiger partial charge < -0.3 is 9.47 Å². The Morgan fingerprint density at radius 1 is 1.17 bits per heavy atom. The molecule has 0 saturated heterocycles. The third kappa shape index (κ3) is 3.80. The van der Waals surface area contributed by atoms with Crippen molar-refractivity contribution in [3.8, 4) is 11.5 Å². The molecule has 0 fully saturated rings. The summed E-state index contributed by atoms with van der Waals surface area (Å²) in [6.45, 7) is 0. The van der Waals surface area contributed by atoms with Gasteiger partial charge >= 0.3 is 0 Å². The van der Waals surface area contributed by atoms with E-state index in [1.165, 1.54) is 38.5 Å². The molecule has 0 atom stereocenters. The van der Waals surface area contributed by atoms with Gasteiger partial charge in [0.15, 0.2) is 17.3 Å². The summed E-state index contributed by atoms with van der Waals surface area (Å²) < 4.78 is 11.1. The summed E-state index contributed by atoms with van der Waals surface area (Å²) in [5, 5.41) is 11.0. The molecule has 2 aromatic carbocycles. The van der Waals surface area contributed by atoms with Crippen LogP contribution in [-0.4, -0.2) is 24.9 Å². The van der Waals surface area contributed by atoms with Crippen LogP contribution in [0.15, 0.2) is 46.9 Å². The van der Waals surface area contributed by atoms with E-state index >= 15 is 0 Å². The van der Waals surface area contributed by atoms with Crippen LogP contribution < -0.4 is 9.47 Å². The van der Waals surface area contributed by atoms with Gasteiger partial charge in [0.25, 0.3) is 5.69 Å². The molecule has 0 amide bonds. The van der Waals surface area contributed by atoms with Crippen LogP contribution in [0.3, 0.4) is 0 Å². The Labute approximate surface area is 147 Å². The number of carbonyl (C=O) groups excluding carboxylic acids is 1. The molecule has 0 N–H and O–H groups in total. The number of rotatable bonds is 6. The highest BCUT2D eigenvalue weighted by Crippen LogP contribution is 2.34. The molecule has 124 valence electrons. The molecule has 2 aromatic rings. The van der Waals surface area contributed by atoms with Crippen molar-refractivity contribution in [2.24, 2.45) is 0 Å². The molecule has 0 radical (unpaired) electrons. The number of halogens is 1. The van der Waals surface area contributed by atoms with Crippen LogP contribution in [0, 0.1) is 10.1 Å². The topological polar surface area (TPSA) is 78.7 Å². The molecule has 0 bridgehead atoms. The van der Waals surface area contributed by atoms with Crippen molar-refractivity contribution >= 4 is 33.5 Å². The fourth-order valence-corrected chi connectivity index (χ4v) is 2.55. The van der Waals surface area contributed by atoms with Gasteiger partial charge in [0.2, 0.25) is 0 Å². The Kier molecular flexibility index (Phi) is 5.70. The maximum atomic E-state index is 12.3. The summed E-state index contributed by atoms with van der Waals surface area (Å²) in [7, 11) is 3.04. The lowest BCUT2D eigenvalue weighted by molar-refractivity contribution is -0.385. The Bertz CT molecular complexity index is 817. The van der Waals surface area contributed by atoms with Gasteiger partial charge in [0, 0.05) is 10.5 Å². The number of allylic oxidation sites excluding steroid dienone is 1. The van der Waals surface area contributed by atoms with E-state index in [-0.39, 0.29) is 11.3 Å². The lowest BCUT2D eigenvalue weighted by atomic mass is 10.1. The number of para-hydroxylation sites is 1. The minimum Gasteiger partial charge on any atom is -0.493 e. The minimum atomic E-state index is -0.576. The first-order valence-electron chi connectivity index (χ1n) is 6.85. The second kappa shape index (κ2) is 7.74. The zero-order chi connectivity index (χ0) is 17.7. The fourth-order valence-electron chi connectivity index (χ4n) is 2.09. The van der Waals surface area contributed by atoms with E-state index in [0.717, 1.165) is 0 Å². The second-order valence-corrected chi connectivity index (χ2v) is 5.55. The van der Waals surface area contributed by atoms with E-state index in [0.29, 0.717) is 21.5 Å². The predicted molar refractivity (Wildman–Crippen MR) is 93.7 cm³/mol. The lowest BCUT2D eigenvalue weighted by Gasteiger charge is -2.09. The van der Waals surface area contributed by atoms with Gasteiger partial charge in [0.1, 0.15) is 0 Å². The number of hydrogen-bond acceptors (Lipinski definition) is 5. The van der Waals surface area contributed by atoms with Crippen molar-refractivity contribution in [3.63, 3.8) is 0 Å². The van der Waals surface area contributed by atoms with Crippen molar-refractivity contribution in [2.45, 2.75) is 0 Å². The van der Waals surface area contributed by atoms with Gasteiger partial charge in [0.05, 0.1) is 24.7 Å². The number of ether oxygens (including phenoxy) is 2. The fraction of sp³-hybridized carbons (Fsp3) is 0.118. The monoisotopic (exact) mass is 391 g/mol. The number of hydrogen-bond donors (Lipinski definition) is 0. The highest BCUT2D eigenvalue weighted by Gasteiger charge is 2.17. The summed E-state index contributed by atoms with van der Waals surface area (Å²) >= 11 is 3.39. The number of nitro benzene ring substituents is 1. The number of nitrogens with zero attached hydrogens (tertiary/aromatic N) is 1. The average molecular weight is 392 g/mol. The van der Waals surface area contributed by atoms with Gasteiger partial charge in [-0.3, -0.25) is 14.9 Å². The first kappa shape index (κ1) is 17.7. The molecule has 24 heavy (non-hydrogen) atoms. The summed E-state index contributed by atoms with van der Waals surface area (Å²) in [6.07, 6.45) is 2.85. The van der Waals surface area contributed by atoms with Crippen LogP contribution >= 0.6 is 15.9 Å². The third-order valence-electron chi connectivity index (χ3n) is 3.28. The Balaban J connectivity index is 2.35. The lowest BCUT2D eigenvalue weighted by Crippen LogP contribution is -2.00. The zero-order valence-electron chi connectivity index (χ0n) is 13.0. The van der Waals surface area contributed by atoms with Crippen molar-refractivity contribution in [1.29, 1.82) is 0 Å². The number of benzene rings is 2. The maximum Gasteiger partial charge on any atom is 0.280 e. The average Bonchev–Trinajstić information content (AvgIpc) is 2.59. The van der Waals surface area contributed by atoms with Gasteiger partial charge in [-0.2, -0.15) is 0 Å². The molecule has 2 rings (SSSR count). The van der Waals surface area contributed by atoms with E-state index in [2.05, 4.69) is 15.9 Å². The quantitative estimate of drug-likeness (QED) is 0.318. The van der Waals surface area contributed by atoms with Crippen LogP contribution in [0.5, 0.6) is 11.5 Å². The van der Waals surface area contributed by atoms with E-state index in [1.54, 1.807) is 24.3 Å². The van der Waals surface area contributed by atoms with E-state index in [1.807, 2.05) is 0 Å². The molecule has 0 spiro atoms. The molecule has 0 aromatic heterocycles. The van der Waals surface area contributed by atoms with E-state index < -0.39 is 10.7 Å². The maximum absolute atomic E-state index is 12.3. The first-order valence-corrected chi connectivity index (χ1v) is 7.64. The molecular formula is C17H14BrNO5. The minimum absolute atomic E-state index is 0.0374. The molecule has 6 nitrogen and oxygen atoms in total. The molecule has 0 heterocycles. The van der Waals surface area contributed by atoms with Crippen LogP contribution in [0.25, 0.3) is 6.08 Å². The molecule has 7 heteroatoms. The number of ketones is 1. The van der Waals surface area contributed by atoms with Crippen molar-refractivity contribution in [2.75, 3.05) is 14.2 Å². The van der Waals surface area contributed by atoms with Crippen LogP contribution in [0.4, 0.5) is 5.69 Å². The van der Waals surface area contributed by atoms with Gasteiger partial charge in [-0.05, 0) is 35.9 Å². The Morgan fingerprint density at radius 3 is 2.42 bits per heavy atom. The van der Waals surface area contributed by atoms with Crippen LogP contribution in [0.1, 0.15) is 15.9 Å². The summed E-state index contributed by atoms with van der Waals surface area (Å²) in [6, 6.07) is 9.24. The van der Waals surface area contributed by atoms with Crippen molar-refractivity contribution in [1.82, 2.24) is 0 Å². The predicted octanol–water partition coefficient (Wildman–Crippen LogP) is 4.27. The molecule has 0 saturated carbocycles. The molecule has 0 aliphatic carbocycles. The number of methoxy groups -OCH3 is 2. The van der Waals surface area contributed by atoms with Gasteiger partial charge in [-0.1, -0.05) is 28.1 Å². The standard InChI is InChI=1S/C17H14BrNO5/c1-23-16-9-11(13(18)10-17(16)24-2)7-8-15(20)12-5-3-4-6-14(12)19(21)22/h3-10H,1-2H3/b8-7+. The Morgan fingerprint density at radius 2 is 1.79 bits per heavy atom. The molecule has 0 aliphatic heterocycles. The summed E-state index contributed by atoms with van der Waals surface area (Å²) in [5.41, 5.74) is 0.494. The third-order valence-corrected chi connectivity index (χ3v) is 3.97. The SMILES string of the molecule is COc1cc(Br)c(/C=C/C(=O)c2ccccc2[N+](=O)[O-])cc1OC. The van der Waals surface area contributed by atoms with Crippen molar-refractivity contribution < 1.29 is 19.2 Å². The molecule has 0 unspecified atom stereocenters. The van der Waals surface area contributed by atoms with Crippen LogP contribution in [0.2, 0.25) is 0 Å². The highest BCUT2D eigenvalue weighted by atomic mass is 79.9. The molecule has 0 aliphatic rings.